The maximum absolute atomic E-state index is 13.3. The first kappa shape index (κ1) is 20.8. The van der Waals surface area contributed by atoms with Gasteiger partial charge in [-0.2, -0.15) is 5.10 Å². The number of hydrogen-bond acceptors (Lipinski definition) is 4. The van der Waals surface area contributed by atoms with Crippen LogP contribution < -0.4 is 5.69 Å². The van der Waals surface area contributed by atoms with Gasteiger partial charge in [-0.1, -0.05) is 36.2 Å². The lowest BCUT2D eigenvalue weighted by atomic mass is 9.74. The number of amides is 1. The van der Waals surface area contributed by atoms with Crippen molar-refractivity contribution < 1.29 is 9.59 Å². The molecule has 1 amide bonds. The fourth-order valence-electron chi connectivity index (χ4n) is 4.80. The van der Waals surface area contributed by atoms with Gasteiger partial charge in [0.1, 0.15) is 17.9 Å². The number of aromatic nitrogens is 3. The molecule has 1 unspecified atom stereocenters. The average Bonchev–Trinajstić information content (AvgIpc) is 2.90. The summed E-state index contributed by atoms with van der Waals surface area (Å²) in [7, 11) is 1.64. The fourth-order valence-corrected chi connectivity index (χ4v) is 5.10. The van der Waals surface area contributed by atoms with Gasteiger partial charge in [-0.25, -0.2) is 9.48 Å². The summed E-state index contributed by atoms with van der Waals surface area (Å²) in [5.74, 6) is 0.411. The molecule has 8 heteroatoms. The van der Waals surface area contributed by atoms with E-state index in [0.717, 1.165) is 44.3 Å². The number of Topliss-reactive ketones (excluding diaryl/α,β-unsaturated/α-hetero) is 1. The molecule has 0 spiro atoms. The molecule has 7 nitrogen and oxygen atoms in total. The molecule has 2 aromatic rings. The van der Waals surface area contributed by atoms with E-state index in [2.05, 4.69) is 5.10 Å². The molecule has 1 atom stereocenters. The van der Waals surface area contributed by atoms with Crippen molar-refractivity contribution in [1.82, 2.24) is 19.2 Å². The van der Waals surface area contributed by atoms with Gasteiger partial charge in [-0.05, 0) is 38.2 Å². The van der Waals surface area contributed by atoms with E-state index >= 15 is 0 Å². The molecular formula is C22H27ClN4O3. The number of aryl methyl sites for hydroxylation is 1. The number of carbonyl (C=O) groups excluding carboxylic acids is 2. The second-order valence-electron chi connectivity index (χ2n) is 8.24. The molecule has 0 radical (unpaired) electrons. The number of nitrogens with zero attached hydrogens (tertiary/aromatic N) is 4. The second-order valence-corrected chi connectivity index (χ2v) is 8.65. The van der Waals surface area contributed by atoms with E-state index in [1.807, 2.05) is 18.2 Å². The Morgan fingerprint density at radius 1 is 1.13 bits per heavy atom. The van der Waals surface area contributed by atoms with Crippen LogP contribution in [0.25, 0.3) is 0 Å². The van der Waals surface area contributed by atoms with Crippen LogP contribution >= 0.6 is 11.6 Å². The molecule has 1 aromatic carbocycles. The van der Waals surface area contributed by atoms with E-state index in [4.69, 9.17) is 11.6 Å². The molecular weight excluding hydrogens is 404 g/mol. The summed E-state index contributed by atoms with van der Waals surface area (Å²) >= 11 is 6.47. The number of ketones is 1. The highest BCUT2D eigenvalue weighted by Crippen LogP contribution is 2.42. The Labute approximate surface area is 180 Å². The van der Waals surface area contributed by atoms with Crippen LogP contribution in [0.1, 0.15) is 56.3 Å². The highest BCUT2D eigenvalue weighted by molar-refractivity contribution is 6.31. The first-order valence-electron chi connectivity index (χ1n) is 10.7. The van der Waals surface area contributed by atoms with Gasteiger partial charge in [0.05, 0.1) is 0 Å². The van der Waals surface area contributed by atoms with Crippen LogP contribution in [0.15, 0.2) is 29.1 Å². The topological polar surface area (TPSA) is 77.2 Å². The zero-order valence-corrected chi connectivity index (χ0v) is 18.0. The summed E-state index contributed by atoms with van der Waals surface area (Å²) in [4.78, 5) is 40.8. The Kier molecular flexibility index (Phi) is 5.82. The van der Waals surface area contributed by atoms with Gasteiger partial charge in [0.25, 0.3) is 0 Å². The third kappa shape index (κ3) is 3.49. The largest absolute Gasteiger partial charge is 0.346 e. The lowest BCUT2D eigenvalue weighted by Gasteiger charge is -2.44. The van der Waals surface area contributed by atoms with Gasteiger partial charge in [-0.3, -0.25) is 14.2 Å². The lowest BCUT2D eigenvalue weighted by molar-refractivity contribution is -0.148. The van der Waals surface area contributed by atoms with Gasteiger partial charge in [0.15, 0.2) is 5.78 Å². The summed E-state index contributed by atoms with van der Waals surface area (Å²) in [6.45, 7) is 0.453. The van der Waals surface area contributed by atoms with Crippen LogP contribution in [0.4, 0.5) is 0 Å². The summed E-state index contributed by atoms with van der Waals surface area (Å²) in [5.41, 5.74) is -0.704. The molecule has 0 saturated heterocycles. The number of likely N-dealkylation sites (N-methyl/N-ethyl adjacent to an activating group) is 1. The summed E-state index contributed by atoms with van der Waals surface area (Å²) in [5, 5.41) is 4.89. The van der Waals surface area contributed by atoms with E-state index in [1.165, 1.54) is 9.58 Å². The predicted octanol–water partition coefficient (Wildman–Crippen LogP) is 2.92. The Hall–Kier alpha value is -2.41. The summed E-state index contributed by atoms with van der Waals surface area (Å²) < 4.78 is 2.92. The van der Waals surface area contributed by atoms with E-state index in [9.17, 15) is 14.4 Å². The molecule has 160 valence electrons. The van der Waals surface area contributed by atoms with Crippen LogP contribution in [-0.2, 0) is 34.6 Å². The Balaban J connectivity index is 1.67. The van der Waals surface area contributed by atoms with Gasteiger partial charge in [0, 0.05) is 37.0 Å². The van der Waals surface area contributed by atoms with Crippen molar-refractivity contribution in [3.63, 3.8) is 0 Å². The zero-order valence-electron chi connectivity index (χ0n) is 17.3. The van der Waals surface area contributed by atoms with Crippen LogP contribution in [0.3, 0.4) is 0 Å². The highest BCUT2D eigenvalue weighted by Gasteiger charge is 2.48. The first-order chi connectivity index (χ1) is 14.4. The molecule has 2 aliphatic rings. The highest BCUT2D eigenvalue weighted by atomic mass is 35.5. The standard InChI is InChI=1S/C22H27ClN4O3/c1-25(20(29)15-27-21(30)26-14-8-2-3-12-19(26)24-27)22(13-7-6-11-18(22)28)16-9-4-5-10-17(16)23/h4-5,9-10H,2-3,6-8,11-15H2,1H3. The second kappa shape index (κ2) is 8.38. The molecule has 2 heterocycles. The van der Waals surface area contributed by atoms with Crippen molar-refractivity contribution in [2.45, 2.75) is 70.0 Å². The maximum Gasteiger partial charge on any atom is 0.346 e. The van der Waals surface area contributed by atoms with Crippen molar-refractivity contribution in [2.75, 3.05) is 7.05 Å². The number of fused-ring (bicyclic) bond motifs is 1. The SMILES string of the molecule is CN(C(=O)Cn1nc2n(c1=O)CCCCC2)C1(c2ccccc2Cl)CCCCC1=O. The minimum absolute atomic E-state index is 0.00864. The molecule has 0 bridgehead atoms. The Morgan fingerprint density at radius 2 is 1.90 bits per heavy atom. The van der Waals surface area contributed by atoms with E-state index in [1.54, 1.807) is 17.7 Å². The molecule has 30 heavy (non-hydrogen) atoms. The van der Waals surface area contributed by atoms with Gasteiger partial charge < -0.3 is 4.90 Å². The smallest absolute Gasteiger partial charge is 0.327 e. The molecule has 1 saturated carbocycles. The quantitative estimate of drug-likeness (QED) is 0.747. The predicted molar refractivity (Wildman–Crippen MR) is 113 cm³/mol. The summed E-state index contributed by atoms with van der Waals surface area (Å²) in [6, 6.07) is 7.21. The average molecular weight is 431 g/mol. The number of hydrogen-bond donors (Lipinski definition) is 0. The van der Waals surface area contributed by atoms with Crippen LogP contribution in [0, 0.1) is 0 Å². The minimum Gasteiger partial charge on any atom is -0.327 e. The normalized spacial score (nSPS) is 21.7. The van der Waals surface area contributed by atoms with Crippen molar-refractivity contribution in [3.05, 3.63) is 51.2 Å². The van der Waals surface area contributed by atoms with E-state index in [-0.39, 0.29) is 23.9 Å². The maximum atomic E-state index is 13.3. The van der Waals surface area contributed by atoms with Crippen molar-refractivity contribution in [3.8, 4) is 0 Å². The van der Waals surface area contributed by atoms with Crippen LogP contribution in [-0.4, -0.2) is 38.0 Å². The molecule has 4 rings (SSSR count). The molecule has 1 aliphatic heterocycles. The van der Waals surface area contributed by atoms with Crippen molar-refractivity contribution in [1.29, 1.82) is 0 Å². The lowest BCUT2D eigenvalue weighted by Crippen LogP contribution is -2.55. The molecule has 1 aliphatic carbocycles. The minimum atomic E-state index is -1.10. The van der Waals surface area contributed by atoms with E-state index < -0.39 is 5.54 Å². The zero-order chi connectivity index (χ0) is 21.3. The monoisotopic (exact) mass is 430 g/mol. The Bertz CT molecular complexity index is 1030. The molecule has 0 N–H and O–H groups in total. The number of carbonyl (C=O) groups is 2. The van der Waals surface area contributed by atoms with Gasteiger partial charge >= 0.3 is 5.69 Å². The number of halogens is 1. The Morgan fingerprint density at radius 3 is 2.67 bits per heavy atom. The third-order valence-corrected chi connectivity index (χ3v) is 6.82. The van der Waals surface area contributed by atoms with E-state index in [0.29, 0.717) is 30.0 Å². The van der Waals surface area contributed by atoms with Crippen molar-refractivity contribution in [2.24, 2.45) is 0 Å². The first-order valence-corrected chi connectivity index (χ1v) is 11.0. The van der Waals surface area contributed by atoms with Crippen molar-refractivity contribution >= 4 is 23.3 Å². The van der Waals surface area contributed by atoms with Gasteiger partial charge in [-0.15, -0.1) is 0 Å². The molecule has 1 fully saturated rings. The van der Waals surface area contributed by atoms with Crippen LogP contribution in [0.2, 0.25) is 5.02 Å². The number of rotatable bonds is 4. The van der Waals surface area contributed by atoms with Gasteiger partial charge in [0.2, 0.25) is 5.91 Å². The third-order valence-electron chi connectivity index (χ3n) is 6.49. The fraction of sp³-hybridized carbons (Fsp3) is 0.545. The number of benzene rings is 1. The molecule has 1 aromatic heterocycles. The van der Waals surface area contributed by atoms with Crippen LogP contribution in [0.5, 0.6) is 0 Å². The summed E-state index contributed by atoms with van der Waals surface area (Å²) in [6.07, 6.45) is 6.31.